The summed E-state index contributed by atoms with van der Waals surface area (Å²) < 4.78 is 19.7. The number of hydrogen-bond donors (Lipinski definition) is 0. The van der Waals surface area contributed by atoms with Crippen LogP contribution in [0, 0.1) is 14.9 Å². The van der Waals surface area contributed by atoms with Crippen molar-refractivity contribution in [1.29, 1.82) is 5.26 Å². The van der Waals surface area contributed by atoms with Crippen molar-refractivity contribution in [2.24, 2.45) is 5.10 Å². The van der Waals surface area contributed by atoms with E-state index in [0.717, 1.165) is 20.1 Å². The van der Waals surface area contributed by atoms with Crippen molar-refractivity contribution in [2.75, 3.05) is 7.11 Å². The second-order valence-electron chi connectivity index (χ2n) is 9.04. The van der Waals surface area contributed by atoms with E-state index in [4.69, 9.17) is 18.9 Å². The van der Waals surface area contributed by atoms with Crippen molar-refractivity contribution in [1.82, 2.24) is 9.66 Å². The molecule has 200 valence electrons. The number of nitriles is 1. The number of fused-ring (bicyclic) bond motifs is 2. The molecule has 4 aromatic carbocycles. The summed E-state index contributed by atoms with van der Waals surface area (Å²) in [6.07, 6.45) is 1.60. The van der Waals surface area contributed by atoms with Crippen LogP contribution in [0.25, 0.3) is 33.5 Å². The zero-order chi connectivity index (χ0) is 28.3. The monoisotopic (exact) mass is 652 g/mol. The third-order valence-corrected chi connectivity index (χ3v) is 7.36. The summed E-state index contributed by atoms with van der Waals surface area (Å²) in [5.41, 5.74) is 2.99. The van der Waals surface area contributed by atoms with E-state index in [2.05, 4.69) is 33.8 Å². The molecule has 0 saturated carbocycles. The van der Waals surface area contributed by atoms with Gasteiger partial charge in [0, 0.05) is 5.56 Å². The molecule has 0 aliphatic rings. The van der Waals surface area contributed by atoms with Crippen LogP contribution >= 0.6 is 22.6 Å². The van der Waals surface area contributed by atoms with Crippen molar-refractivity contribution in [3.8, 4) is 29.2 Å². The Morgan fingerprint density at radius 3 is 2.66 bits per heavy atom. The SMILES string of the molecule is COc1cccc2oc(-c3nc4ccccc4c(=O)n3N=Cc3ccc(OCc4ccccc4C#N)c(I)c3)cc12. The molecule has 0 bridgehead atoms. The van der Waals surface area contributed by atoms with Gasteiger partial charge in [0.25, 0.3) is 5.56 Å². The topological polar surface area (TPSA) is 103 Å². The molecule has 0 saturated heterocycles. The molecule has 9 heteroatoms. The van der Waals surface area contributed by atoms with Gasteiger partial charge in [0.2, 0.25) is 5.82 Å². The molecule has 0 aliphatic heterocycles. The molecule has 41 heavy (non-hydrogen) atoms. The van der Waals surface area contributed by atoms with Crippen molar-refractivity contribution >= 4 is 50.7 Å². The molecule has 0 amide bonds. The first-order chi connectivity index (χ1) is 20.1. The first kappa shape index (κ1) is 26.3. The first-order valence-corrected chi connectivity index (χ1v) is 13.7. The molecule has 0 atom stereocenters. The van der Waals surface area contributed by atoms with Gasteiger partial charge in [-0.3, -0.25) is 4.79 Å². The normalized spacial score (nSPS) is 11.2. The van der Waals surface area contributed by atoms with Gasteiger partial charge in [0.15, 0.2) is 5.76 Å². The van der Waals surface area contributed by atoms with Crippen LogP contribution in [0.1, 0.15) is 16.7 Å². The van der Waals surface area contributed by atoms with Gasteiger partial charge in [0.1, 0.15) is 23.7 Å². The molecule has 6 aromatic rings. The Bertz CT molecular complexity index is 2060. The highest BCUT2D eigenvalue weighted by atomic mass is 127. The second kappa shape index (κ2) is 11.3. The van der Waals surface area contributed by atoms with Gasteiger partial charge < -0.3 is 13.9 Å². The van der Waals surface area contributed by atoms with E-state index in [9.17, 15) is 10.1 Å². The number of methoxy groups -OCH3 is 1. The Morgan fingerprint density at radius 2 is 1.83 bits per heavy atom. The van der Waals surface area contributed by atoms with Crippen LogP contribution in [0.15, 0.2) is 105 Å². The number of benzene rings is 4. The molecule has 0 radical (unpaired) electrons. The standard InChI is InChI=1S/C32H21IN4O4/c1-39-27-11-6-12-28-24(27)16-30(41-28)31-36-26-10-5-4-9-23(26)32(38)37(31)35-18-20-13-14-29(25(33)15-20)40-19-22-8-3-2-7-21(22)17-34/h2-16,18H,19H2,1H3. The summed E-state index contributed by atoms with van der Waals surface area (Å²) >= 11 is 2.19. The molecule has 2 aromatic heterocycles. The quantitative estimate of drug-likeness (QED) is 0.140. The van der Waals surface area contributed by atoms with Gasteiger partial charge in [0.05, 0.1) is 44.8 Å². The maximum absolute atomic E-state index is 13.6. The van der Waals surface area contributed by atoms with Gasteiger partial charge in [-0.1, -0.05) is 36.4 Å². The highest BCUT2D eigenvalue weighted by Gasteiger charge is 2.18. The van der Waals surface area contributed by atoms with Crippen LogP contribution in [-0.4, -0.2) is 23.0 Å². The molecule has 8 nitrogen and oxygen atoms in total. The zero-order valence-corrected chi connectivity index (χ0v) is 23.9. The van der Waals surface area contributed by atoms with Crippen molar-refractivity contribution < 1.29 is 13.9 Å². The number of ether oxygens (including phenoxy) is 2. The van der Waals surface area contributed by atoms with E-state index >= 15 is 0 Å². The number of furan rings is 1. The van der Waals surface area contributed by atoms with Gasteiger partial charge in [-0.25, -0.2) is 4.98 Å². The minimum absolute atomic E-state index is 0.272. The molecule has 6 rings (SSSR count). The number of rotatable bonds is 7. The minimum Gasteiger partial charge on any atom is -0.496 e. The van der Waals surface area contributed by atoms with Gasteiger partial charge >= 0.3 is 0 Å². The van der Waals surface area contributed by atoms with E-state index < -0.39 is 0 Å². The summed E-state index contributed by atoms with van der Waals surface area (Å²) in [6, 6.07) is 29.6. The fourth-order valence-electron chi connectivity index (χ4n) is 4.46. The molecule has 0 fully saturated rings. The highest BCUT2D eigenvalue weighted by Crippen LogP contribution is 2.33. The van der Waals surface area contributed by atoms with Crippen LogP contribution in [0.3, 0.4) is 0 Å². The van der Waals surface area contributed by atoms with E-state index in [1.165, 1.54) is 4.68 Å². The average Bonchev–Trinajstić information content (AvgIpc) is 3.45. The van der Waals surface area contributed by atoms with Crippen molar-refractivity contribution in [3.63, 3.8) is 0 Å². The fraction of sp³-hybridized carbons (Fsp3) is 0.0625. The van der Waals surface area contributed by atoms with Crippen LogP contribution < -0.4 is 15.0 Å². The smallest absolute Gasteiger partial charge is 0.282 e. The Hall–Kier alpha value is -4.95. The first-order valence-electron chi connectivity index (χ1n) is 12.6. The lowest BCUT2D eigenvalue weighted by atomic mass is 10.1. The zero-order valence-electron chi connectivity index (χ0n) is 21.7. The number of aromatic nitrogens is 2. The molecule has 0 aliphatic carbocycles. The molecular weight excluding hydrogens is 631 g/mol. The summed E-state index contributed by atoms with van der Waals surface area (Å²) in [5, 5.41) is 15.1. The lowest BCUT2D eigenvalue weighted by Crippen LogP contribution is -2.20. The van der Waals surface area contributed by atoms with E-state index in [1.807, 2.05) is 60.7 Å². The largest absolute Gasteiger partial charge is 0.496 e. The maximum Gasteiger partial charge on any atom is 0.282 e. The molecule has 2 heterocycles. The maximum atomic E-state index is 13.6. The third-order valence-electron chi connectivity index (χ3n) is 6.51. The summed E-state index contributed by atoms with van der Waals surface area (Å²) in [7, 11) is 1.60. The van der Waals surface area contributed by atoms with Gasteiger partial charge in [-0.15, -0.1) is 0 Å². The van der Waals surface area contributed by atoms with E-state index in [1.54, 1.807) is 43.7 Å². The van der Waals surface area contributed by atoms with Gasteiger partial charge in [-0.05, 0) is 82.8 Å². The Kier molecular flexibility index (Phi) is 7.22. The van der Waals surface area contributed by atoms with Crippen LogP contribution in [0.2, 0.25) is 0 Å². The Labute approximate surface area is 248 Å². The second-order valence-corrected chi connectivity index (χ2v) is 10.2. The summed E-state index contributed by atoms with van der Waals surface area (Å²) in [6.45, 7) is 0.275. The number of para-hydroxylation sites is 1. The summed E-state index contributed by atoms with van der Waals surface area (Å²) in [5.74, 6) is 2.00. The van der Waals surface area contributed by atoms with Crippen LogP contribution in [0.4, 0.5) is 0 Å². The number of hydrogen-bond acceptors (Lipinski definition) is 7. The van der Waals surface area contributed by atoms with Gasteiger partial charge in [-0.2, -0.15) is 15.0 Å². The molecule has 0 N–H and O–H groups in total. The number of halogens is 1. The lowest BCUT2D eigenvalue weighted by Gasteiger charge is -2.10. The fourth-order valence-corrected chi connectivity index (χ4v) is 5.16. The lowest BCUT2D eigenvalue weighted by molar-refractivity contribution is 0.303. The summed E-state index contributed by atoms with van der Waals surface area (Å²) in [4.78, 5) is 18.3. The van der Waals surface area contributed by atoms with Crippen molar-refractivity contribution in [2.45, 2.75) is 6.61 Å². The predicted molar refractivity (Wildman–Crippen MR) is 165 cm³/mol. The Morgan fingerprint density at radius 1 is 1.00 bits per heavy atom. The average molecular weight is 652 g/mol. The van der Waals surface area contributed by atoms with Crippen molar-refractivity contribution in [3.05, 3.63) is 122 Å². The number of nitrogens with zero attached hydrogens (tertiary/aromatic N) is 4. The van der Waals surface area contributed by atoms with Crippen LogP contribution in [-0.2, 0) is 6.61 Å². The molecule has 0 spiro atoms. The minimum atomic E-state index is -0.319. The van der Waals surface area contributed by atoms with E-state index in [-0.39, 0.29) is 18.0 Å². The van der Waals surface area contributed by atoms with E-state index in [0.29, 0.717) is 39.3 Å². The van der Waals surface area contributed by atoms with Crippen LogP contribution in [0.5, 0.6) is 11.5 Å². The highest BCUT2D eigenvalue weighted by molar-refractivity contribution is 14.1. The molecular formula is C32H21IN4O4. The predicted octanol–water partition coefficient (Wildman–Crippen LogP) is 6.76. The molecule has 0 unspecified atom stereocenters. The third kappa shape index (κ3) is 5.17. The Balaban J connectivity index is 1.36.